The van der Waals surface area contributed by atoms with Crippen LogP contribution in [0.2, 0.25) is 0 Å². The number of hydrogen-bond acceptors (Lipinski definition) is 4. The monoisotopic (exact) mass is 236 g/mol. The first-order valence-electron chi connectivity index (χ1n) is 5.59. The number of hydrogen-bond donors (Lipinski definition) is 1. The van der Waals surface area contributed by atoms with Gasteiger partial charge in [0.25, 0.3) is 5.91 Å². The third kappa shape index (κ3) is 3.26. The van der Waals surface area contributed by atoms with Crippen LogP contribution in [0.1, 0.15) is 5.56 Å². The summed E-state index contributed by atoms with van der Waals surface area (Å²) >= 11 is 0. The predicted octanol–water partition coefficient (Wildman–Crippen LogP) is 0.304. The number of carbonyl (C=O) groups excluding carboxylic acids is 1. The number of amides is 1. The lowest BCUT2D eigenvalue weighted by atomic mass is 10.2. The van der Waals surface area contributed by atoms with Gasteiger partial charge in [-0.15, -0.1) is 0 Å². The molecular weight excluding hydrogens is 220 g/mol. The highest BCUT2D eigenvalue weighted by atomic mass is 16.7. The third-order valence-corrected chi connectivity index (χ3v) is 2.52. The fraction of sp³-hybridized carbons (Fsp3) is 0.417. The van der Waals surface area contributed by atoms with Crippen molar-refractivity contribution in [1.29, 1.82) is 0 Å². The number of nitrogens with zero attached hydrogens (tertiary/aromatic N) is 1. The van der Waals surface area contributed by atoms with E-state index in [4.69, 9.17) is 15.3 Å². The molecule has 2 rings (SSSR count). The van der Waals surface area contributed by atoms with Crippen LogP contribution < -0.4 is 5.73 Å². The topological polar surface area (TPSA) is 64.8 Å². The van der Waals surface area contributed by atoms with E-state index < -0.39 is 6.04 Å². The smallest absolute Gasteiger partial charge is 0.265 e. The van der Waals surface area contributed by atoms with E-state index in [-0.39, 0.29) is 12.5 Å². The van der Waals surface area contributed by atoms with Gasteiger partial charge in [0, 0.05) is 0 Å². The quantitative estimate of drug-likeness (QED) is 0.747. The Bertz CT molecular complexity index is 369. The van der Waals surface area contributed by atoms with E-state index in [0.717, 1.165) is 5.56 Å². The molecule has 1 saturated heterocycles. The molecular formula is C12H16N2O3. The summed E-state index contributed by atoms with van der Waals surface area (Å²) in [5.74, 6) is -0.173. The van der Waals surface area contributed by atoms with Gasteiger partial charge in [-0.25, -0.2) is 5.06 Å². The van der Waals surface area contributed by atoms with Crippen LogP contribution in [0.15, 0.2) is 30.3 Å². The van der Waals surface area contributed by atoms with Crippen molar-refractivity contribution >= 4 is 5.91 Å². The van der Waals surface area contributed by atoms with Crippen molar-refractivity contribution in [3.05, 3.63) is 35.9 Å². The second-order valence-corrected chi connectivity index (χ2v) is 3.88. The predicted molar refractivity (Wildman–Crippen MR) is 61.7 cm³/mol. The number of ether oxygens (including phenoxy) is 1. The van der Waals surface area contributed by atoms with E-state index >= 15 is 0 Å². The molecule has 1 fully saturated rings. The number of nitrogens with two attached hydrogens (primary N) is 1. The highest BCUT2D eigenvalue weighted by Gasteiger charge is 2.29. The molecule has 1 atom stereocenters. The number of benzene rings is 1. The van der Waals surface area contributed by atoms with Crippen molar-refractivity contribution in [3.8, 4) is 0 Å². The molecule has 0 saturated carbocycles. The first kappa shape index (κ1) is 12.0. The van der Waals surface area contributed by atoms with Crippen molar-refractivity contribution in [2.45, 2.75) is 12.6 Å². The van der Waals surface area contributed by atoms with Crippen LogP contribution in [-0.2, 0) is 21.0 Å². The van der Waals surface area contributed by atoms with Gasteiger partial charge in [-0.2, -0.15) is 0 Å². The first-order chi connectivity index (χ1) is 8.27. The van der Waals surface area contributed by atoms with Crippen molar-refractivity contribution in [3.63, 3.8) is 0 Å². The van der Waals surface area contributed by atoms with Crippen molar-refractivity contribution in [2.75, 3.05) is 19.8 Å². The van der Waals surface area contributed by atoms with Crippen LogP contribution in [0.3, 0.4) is 0 Å². The standard InChI is InChI=1S/C12H16N2O3/c13-11-9-17-14(12(11)15)6-7-16-8-10-4-2-1-3-5-10/h1-5,11H,6-9,13H2/t11-/m1/s1. The summed E-state index contributed by atoms with van der Waals surface area (Å²) < 4.78 is 5.45. The minimum atomic E-state index is -0.524. The molecule has 5 heteroatoms. The van der Waals surface area contributed by atoms with Gasteiger partial charge in [-0.1, -0.05) is 30.3 Å². The van der Waals surface area contributed by atoms with E-state index in [2.05, 4.69) is 0 Å². The van der Waals surface area contributed by atoms with Crippen LogP contribution >= 0.6 is 0 Å². The lowest BCUT2D eigenvalue weighted by molar-refractivity contribution is -0.165. The summed E-state index contributed by atoms with van der Waals surface area (Å²) in [5, 5.41) is 1.27. The molecule has 0 spiro atoms. The number of rotatable bonds is 5. The lowest BCUT2D eigenvalue weighted by Crippen LogP contribution is -2.36. The number of hydroxylamine groups is 2. The summed E-state index contributed by atoms with van der Waals surface area (Å²) in [6.45, 7) is 1.65. The first-order valence-corrected chi connectivity index (χ1v) is 5.59. The maximum atomic E-state index is 11.4. The summed E-state index contributed by atoms with van der Waals surface area (Å²) in [7, 11) is 0. The highest BCUT2D eigenvalue weighted by Crippen LogP contribution is 2.06. The Hall–Kier alpha value is -1.43. The molecule has 2 N–H and O–H groups in total. The van der Waals surface area contributed by atoms with Crippen LogP contribution in [-0.4, -0.2) is 36.8 Å². The van der Waals surface area contributed by atoms with Gasteiger partial charge < -0.3 is 10.5 Å². The normalized spacial score (nSPS) is 19.9. The lowest BCUT2D eigenvalue weighted by Gasteiger charge is -2.13. The van der Waals surface area contributed by atoms with Gasteiger partial charge in [-0.05, 0) is 5.56 Å². The van der Waals surface area contributed by atoms with E-state index in [1.165, 1.54) is 5.06 Å². The summed E-state index contributed by atoms with van der Waals surface area (Å²) in [5.41, 5.74) is 6.62. The Morgan fingerprint density at radius 1 is 1.41 bits per heavy atom. The molecule has 17 heavy (non-hydrogen) atoms. The molecule has 92 valence electrons. The Morgan fingerprint density at radius 3 is 2.82 bits per heavy atom. The molecule has 1 heterocycles. The summed E-state index contributed by atoms with van der Waals surface area (Å²) in [6.07, 6.45) is 0. The Labute approximate surface area is 100 Å². The molecule has 0 aliphatic carbocycles. The molecule has 1 amide bonds. The second kappa shape index (κ2) is 5.77. The molecule has 1 aromatic carbocycles. The molecule has 0 radical (unpaired) electrons. The molecule has 1 aliphatic rings. The zero-order chi connectivity index (χ0) is 12.1. The van der Waals surface area contributed by atoms with Crippen LogP contribution in [0.5, 0.6) is 0 Å². The highest BCUT2D eigenvalue weighted by molar-refractivity contribution is 5.82. The second-order valence-electron chi connectivity index (χ2n) is 3.88. The molecule has 1 aromatic rings. The average Bonchev–Trinajstić information content (AvgIpc) is 2.67. The Balaban J connectivity index is 1.65. The minimum Gasteiger partial charge on any atom is -0.375 e. The SMILES string of the molecule is N[C@@H]1CON(CCOCc2ccccc2)C1=O. The van der Waals surface area contributed by atoms with Crippen molar-refractivity contribution in [1.82, 2.24) is 5.06 Å². The average molecular weight is 236 g/mol. The minimum absolute atomic E-state index is 0.173. The largest absolute Gasteiger partial charge is 0.375 e. The molecule has 5 nitrogen and oxygen atoms in total. The summed E-state index contributed by atoms with van der Waals surface area (Å²) in [6, 6.07) is 9.35. The maximum Gasteiger partial charge on any atom is 0.265 e. The Kier molecular flexibility index (Phi) is 4.08. The number of carbonyl (C=O) groups is 1. The Morgan fingerprint density at radius 2 is 2.18 bits per heavy atom. The summed E-state index contributed by atoms with van der Waals surface area (Å²) in [4.78, 5) is 16.5. The fourth-order valence-corrected chi connectivity index (χ4v) is 1.58. The van der Waals surface area contributed by atoms with E-state index in [0.29, 0.717) is 19.8 Å². The van der Waals surface area contributed by atoms with Gasteiger partial charge in [0.15, 0.2) is 0 Å². The molecule has 0 unspecified atom stereocenters. The molecule has 1 aliphatic heterocycles. The zero-order valence-corrected chi connectivity index (χ0v) is 9.54. The maximum absolute atomic E-state index is 11.4. The van der Waals surface area contributed by atoms with E-state index in [1.54, 1.807) is 0 Å². The zero-order valence-electron chi connectivity index (χ0n) is 9.54. The van der Waals surface area contributed by atoms with E-state index in [1.807, 2.05) is 30.3 Å². The molecule has 0 aromatic heterocycles. The van der Waals surface area contributed by atoms with Gasteiger partial charge in [0.1, 0.15) is 6.04 Å². The van der Waals surface area contributed by atoms with Gasteiger partial charge >= 0.3 is 0 Å². The third-order valence-electron chi connectivity index (χ3n) is 2.52. The van der Waals surface area contributed by atoms with Crippen LogP contribution in [0.25, 0.3) is 0 Å². The van der Waals surface area contributed by atoms with Crippen LogP contribution in [0, 0.1) is 0 Å². The van der Waals surface area contributed by atoms with Gasteiger partial charge in [0.05, 0.1) is 26.4 Å². The van der Waals surface area contributed by atoms with Crippen molar-refractivity contribution < 1.29 is 14.4 Å². The van der Waals surface area contributed by atoms with Gasteiger partial charge in [0.2, 0.25) is 0 Å². The fourth-order valence-electron chi connectivity index (χ4n) is 1.58. The van der Waals surface area contributed by atoms with Crippen LogP contribution in [0.4, 0.5) is 0 Å². The van der Waals surface area contributed by atoms with Gasteiger partial charge in [-0.3, -0.25) is 9.63 Å². The van der Waals surface area contributed by atoms with Crippen molar-refractivity contribution in [2.24, 2.45) is 5.73 Å². The molecule has 0 bridgehead atoms. The van der Waals surface area contributed by atoms with E-state index in [9.17, 15) is 4.79 Å².